The molecule has 226 valence electrons. The highest BCUT2D eigenvalue weighted by Crippen LogP contribution is 2.30. The van der Waals surface area contributed by atoms with Crippen LogP contribution in [0.1, 0.15) is 63.9 Å². The SMILES string of the molecule is C=N/C(=C\C(=C(/C)Cl)c1cccc(NCC2(C#N)CCOCC2)n1)N[C@H]1CC[C@H](N[C@@H](C)COCc2nn[nH]n2)CC1. The number of anilines is 1. The molecule has 0 amide bonds. The lowest BCUT2D eigenvalue weighted by atomic mass is 9.82. The average Bonchev–Trinajstić information content (AvgIpc) is 3.53. The average molecular weight is 597 g/mol. The van der Waals surface area contributed by atoms with Gasteiger partial charge in [-0.3, -0.25) is 0 Å². The van der Waals surface area contributed by atoms with Crippen molar-refractivity contribution in [3.63, 3.8) is 0 Å². The quantitative estimate of drug-likeness (QED) is 0.186. The summed E-state index contributed by atoms with van der Waals surface area (Å²) in [5, 5.41) is 34.7. The number of nitrogens with zero attached hydrogens (tertiary/aromatic N) is 6. The summed E-state index contributed by atoms with van der Waals surface area (Å²) in [5.74, 6) is 1.91. The van der Waals surface area contributed by atoms with Crippen molar-refractivity contribution in [2.45, 2.75) is 77.1 Å². The van der Waals surface area contributed by atoms with Crippen molar-refractivity contribution in [1.82, 2.24) is 36.2 Å². The van der Waals surface area contributed by atoms with Crippen molar-refractivity contribution in [2.75, 3.05) is 31.7 Å². The summed E-state index contributed by atoms with van der Waals surface area (Å²) >= 11 is 6.55. The Morgan fingerprint density at radius 3 is 2.74 bits per heavy atom. The molecule has 1 atom stereocenters. The van der Waals surface area contributed by atoms with Gasteiger partial charge in [-0.2, -0.15) is 10.5 Å². The number of aliphatic imine (C=N–C) groups is 1. The molecule has 2 aromatic rings. The fourth-order valence-corrected chi connectivity index (χ4v) is 5.44. The maximum absolute atomic E-state index is 9.77. The lowest BCUT2D eigenvalue weighted by molar-refractivity contribution is 0.0455. The number of tetrazole rings is 1. The number of hydrogen-bond acceptors (Lipinski definition) is 11. The predicted octanol–water partition coefficient (Wildman–Crippen LogP) is 3.93. The maximum Gasteiger partial charge on any atom is 0.200 e. The number of ether oxygens (including phenoxy) is 2. The van der Waals surface area contributed by atoms with Gasteiger partial charge in [-0.05, 0) is 77.3 Å². The first-order valence-electron chi connectivity index (χ1n) is 14.5. The molecule has 0 bridgehead atoms. The van der Waals surface area contributed by atoms with Gasteiger partial charge in [0, 0.05) is 48.5 Å². The summed E-state index contributed by atoms with van der Waals surface area (Å²) in [7, 11) is 0. The molecule has 2 fully saturated rings. The number of H-pyrrole nitrogens is 1. The van der Waals surface area contributed by atoms with E-state index >= 15 is 0 Å². The van der Waals surface area contributed by atoms with Gasteiger partial charge in [0.15, 0.2) is 5.82 Å². The smallest absolute Gasteiger partial charge is 0.200 e. The van der Waals surface area contributed by atoms with Crippen molar-refractivity contribution >= 4 is 29.7 Å². The monoisotopic (exact) mass is 596 g/mol. The normalized spacial score (nSPS) is 22.0. The van der Waals surface area contributed by atoms with Crippen LogP contribution < -0.4 is 16.0 Å². The molecule has 0 unspecified atom stereocenters. The molecule has 0 radical (unpaired) electrons. The third kappa shape index (κ3) is 9.32. The van der Waals surface area contributed by atoms with Crippen LogP contribution in [-0.2, 0) is 16.1 Å². The zero-order valence-corrected chi connectivity index (χ0v) is 25.2. The highest BCUT2D eigenvalue weighted by Gasteiger charge is 2.32. The summed E-state index contributed by atoms with van der Waals surface area (Å²) in [6, 6.07) is 9.16. The number of nitriles is 1. The number of nitrogens with one attached hydrogen (secondary N) is 4. The van der Waals surface area contributed by atoms with E-state index in [1.165, 1.54) is 0 Å². The molecule has 1 saturated heterocycles. The van der Waals surface area contributed by atoms with Gasteiger partial charge in [0.1, 0.15) is 18.2 Å². The third-order valence-electron chi connectivity index (χ3n) is 7.73. The van der Waals surface area contributed by atoms with Crippen LogP contribution in [0.25, 0.3) is 5.57 Å². The van der Waals surface area contributed by atoms with Crippen molar-refractivity contribution < 1.29 is 9.47 Å². The molecular formula is C29H41ClN10O2. The summed E-state index contributed by atoms with van der Waals surface area (Å²) in [6.07, 6.45) is 7.41. The zero-order chi connectivity index (χ0) is 29.8. The molecule has 1 aliphatic heterocycles. The summed E-state index contributed by atoms with van der Waals surface area (Å²) in [6.45, 7) is 10.4. The molecule has 42 heavy (non-hydrogen) atoms. The molecule has 12 nitrogen and oxygen atoms in total. The number of pyridine rings is 1. The van der Waals surface area contributed by atoms with E-state index in [2.05, 4.69) is 61.3 Å². The van der Waals surface area contributed by atoms with Crippen molar-refractivity contribution in [1.29, 1.82) is 5.26 Å². The van der Waals surface area contributed by atoms with Crippen molar-refractivity contribution in [2.24, 2.45) is 10.4 Å². The first-order chi connectivity index (χ1) is 20.4. The molecule has 4 rings (SSSR count). The molecule has 0 spiro atoms. The fourth-order valence-electron chi connectivity index (χ4n) is 5.29. The molecule has 4 N–H and O–H groups in total. The van der Waals surface area contributed by atoms with Crippen LogP contribution in [-0.4, -0.2) is 76.8 Å². The van der Waals surface area contributed by atoms with Gasteiger partial charge in [0.2, 0.25) is 0 Å². The van der Waals surface area contributed by atoms with E-state index < -0.39 is 5.41 Å². The summed E-state index contributed by atoms with van der Waals surface area (Å²) < 4.78 is 11.1. The van der Waals surface area contributed by atoms with Crippen LogP contribution in [0.4, 0.5) is 5.82 Å². The second-order valence-corrected chi connectivity index (χ2v) is 11.6. The first-order valence-corrected chi connectivity index (χ1v) is 14.9. The van der Waals surface area contributed by atoms with Crippen LogP contribution in [0.5, 0.6) is 0 Å². The van der Waals surface area contributed by atoms with E-state index in [1.807, 2.05) is 31.2 Å². The Balaban J connectivity index is 1.29. The highest BCUT2D eigenvalue weighted by molar-refractivity contribution is 6.32. The Kier molecular flexibility index (Phi) is 11.8. The lowest BCUT2D eigenvalue weighted by Crippen LogP contribution is -2.44. The van der Waals surface area contributed by atoms with Crippen molar-refractivity contribution in [3.8, 4) is 6.07 Å². The number of aromatic nitrogens is 5. The minimum atomic E-state index is -0.447. The maximum atomic E-state index is 9.77. The molecule has 3 heterocycles. The Bertz CT molecular complexity index is 1240. The van der Waals surface area contributed by atoms with Gasteiger partial charge in [0.25, 0.3) is 0 Å². The van der Waals surface area contributed by atoms with Crippen LogP contribution in [0, 0.1) is 16.7 Å². The molecule has 13 heteroatoms. The van der Waals surface area contributed by atoms with Gasteiger partial charge in [-0.1, -0.05) is 22.9 Å². The van der Waals surface area contributed by atoms with Crippen molar-refractivity contribution in [3.05, 3.63) is 46.6 Å². The van der Waals surface area contributed by atoms with Crippen LogP contribution >= 0.6 is 11.6 Å². The lowest BCUT2D eigenvalue weighted by Gasteiger charge is -2.32. The Morgan fingerprint density at radius 1 is 1.31 bits per heavy atom. The zero-order valence-electron chi connectivity index (χ0n) is 24.4. The Labute approximate surface area is 252 Å². The minimum absolute atomic E-state index is 0.218. The number of halogens is 1. The van der Waals surface area contributed by atoms with Crippen LogP contribution in [0.3, 0.4) is 0 Å². The van der Waals surface area contributed by atoms with E-state index in [-0.39, 0.29) is 12.1 Å². The summed E-state index contributed by atoms with van der Waals surface area (Å²) in [4.78, 5) is 9.05. The van der Waals surface area contributed by atoms with E-state index in [0.717, 1.165) is 37.0 Å². The van der Waals surface area contributed by atoms with E-state index in [0.29, 0.717) is 74.4 Å². The van der Waals surface area contributed by atoms with Gasteiger partial charge in [-0.25, -0.2) is 9.98 Å². The fraction of sp³-hybridized carbons (Fsp3) is 0.586. The van der Waals surface area contributed by atoms with Gasteiger partial charge in [-0.15, -0.1) is 10.2 Å². The molecule has 1 saturated carbocycles. The molecule has 2 aromatic heterocycles. The Hall–Kier alpha value is -3.37. The van der Waals surface area contributed by atoms with Gasteiger partial charge >= 0.3 is 0 Å². The molecule has 2 aliphatic rings. The second-order valence-electron chi connectivity index (χ2n) is 11.0. The minimum Gasteiger partial charge on any atom is -0.381 e. The predicted molar refractivity (Wildman–Crippen MR) is 163 cm³/mol. The van der Waals surface area contributed by atoms with Gasteiger partial charge < -0.3 is 25.4 Å². The second kappa shape index (κ2) is 15.7. The topological polar surface area (TPSA) is 158 Å². The summed E-state index contributed by atoms with van der Waals surface area (Å²) in [5.41, 5.74) is 1.04. The molecule has 1 aliphatic carbocycles. The highest BCUT2D eigenvalue weighted by atomic mass is 35.5. The molecule has 0 aromatic carbocycles. The van der Waals surface area contributed by atoms with Crippen LogP contribution in [0.2, 0.25) is 0 Å². The number of allylic oxidation sites excluding steroid dienone is 3. The number of hydrogen-bond donors (Lipinski definition) is 4. The standard InChI is InChI=1S/C29H41ClN10O2/c1-20(16-42-17-28-37-39-40-38-28)34-22-7-9-23(10-8-22)35-27(32-3)15-24(21(2)30)25-5-4-6-26(36-25)33-19-29(18-31)11-13-41-14-12-29/h4-6,15,20,22-23,34-35H,3,7-14,16-17,19H2,1-2H3,(H,33,36)(H,37,38,39,40)/b24-21-,27-15+/t20-,22-,23-/m0/s1. The van der Waals surface area contributed by atoms with Gasteiger partial charge in [0.05, 0.1) is 23.8 Å². The third-order valence-corrected chi connectivity index (χ3v) is 7.93. The first kappa shape index (κ1) is 31.6. The van der Waals surface area contributed by atoms with E-state index in [1.54, 1.807) is 0 Å². The van der Waals surface area contributed by atoms with E-state index in [4.69, 9.17) is 26.1 Å². The number of rotatable bonds is 14. The number of aromatic amines is 1. The molecular weight excluding hydrogens is 556 g/mol. The van der Waals surface area contributed by atoms with Crippen LogP contribution in [0.15, 0.2) is 40.1 Å². The van der Waals surface area contributed by atoms with E-state index in [9.17, 15) is 5.26 Å². The largest absolute Gasteiger partial charge is 0.381 e. The Morgan fingerprint density at radius 2 is 2.07 bits per heavy atom.